The molecule has 1 aromatic carbocycles. The highest BCUT2D eigenvalue weighted by Crippen LogP contribution is 2.35. The lowest BCUT2D eigenvalue weighted by atomic mass is 9.72. The minimum absolute atomic E-state index is 0.0582. The fourth-order valence-electron chi connectivity index (χ4n) is 2.65. The van der Waals surface area contributed by atoms with E-state index in [1.165, 1.54) is 0 Å². The first-order valence-corrected chi connectivity index (χ1v) is 7.32. The zero-order valence-corrected chi connectivity index (χ0v) is 12.8. The molecule has 0 radical (unpaired) electrons. The molecule has 1 aromatic heterocycles. The molecule has 4 nitrogen and oxygen atoms in total. The molecule has 2 rings (SSSR count). The predicted octanol–water partition coefficient (Wildman–Crippen LogP) is 3.11. The second-order valence-electron chi connectivity index (χ2n) is 5.45. The van der Waals surface area contributed by atoms with Gasteiger partial charge in [0.25, 0.3) is 0 Å². The fourth-order valence-corrected chi connectivity index (χ4v) is 2.65. The van der Waals surface area contributed by atoms with E-state index in [4.69, 9.17) is 4.74 Å². The summed E-state index contributed by atoms with van der Waals surface area (Å²) < 4.78 is 5.37. The van der Waals surface area contributed by atoms with E-state index in [9.17, 15) is 4.79 Å². The Morgan fingerprint density at radius 2 is 2.05 bits per heavy atom. The number of imidazole rings is 1. The van der Waals surface area contributed by atoms with Crippen LogP contribution in [-0.2, 0) is 21.4 Å². The molecule has 1 N–H and O–H groups in total. The molecule has 0 aliphatic carbocycles. The lowest BCUT2D eigenvalue weighted by molar-refractivity contribution is -0.152. The first-order chi connectivity index (χ1) is 10.1. The highest BCUT2D eigenvalue weighted by molar-refractivity contribution is 5.83. The number of hydrogen-bond donors (Lipinski definition) is 1. The van der Waals surface area contributed by atoms with E-state index < -0.39 is 5.41 Å². The number of rotatable bonds is 6. The summed E-state index contributed by atoms with van der Waals surface area (Å²) in [5, 5.41) is 0. The Balaban J connectivity index is 2.48. The van der Waals surface area contributed by atoms with E-state index >= 15 is 0 Å². The Morgan fingerprint density at radius 3 is 2.57 bits per heavy atom. The molecule has 1 heterocycles. The van der Waals surface area contributed by atoms with Crippen LogP contribution >= 0.6 is 0 Å². The molecule has 0 aliphatic rings. The predicted molar refractivity (Wildman–Crippen MR) is 81.9 cm³/mol. The molecular weight excluding hydrogens is 264 g/mol. The molecule has 112 valence electrons. The molecule has 0 fully saturated rings. The van der Waals surface area contributed by atoms with E-state index in [0.29, 0.717) is 18.9 Å². The maximum atomic E-state index is 12.7. The SMILES string of the molecule is CCOC(=O)C(Cc1ccccc1)(c1ncc[nH]1)C(C)C. The third-order valence-electron chi connectivity index (χ3n) is 3.87. The topological polar surface area (TPSA) is 55.0 Å². The van der Waals surface area contributed by atoms with E-state index in [-0.39, 0.29) is 11.9 Å². The van der Waals surface area contributed by atoms with Gasteiger partial charge in [-0.25, -0.2) is 4.98 Å². The molecule has 0 bridgehead atoms. The van der Waals surface area contributed by atoms with Crippen LogP contribution in [0.1, 0.15) is 32.2 Å². The van der Waals surface area contributed by atoms with Crippen molar-refractivity contribution >= 4 is 5.97 Å². The van der Waals surface area contributed by atoms with Gasteiger partial charge in [-0.3, -0.25) is 4.79 Å². The smallest absolute Gasteiger partial charge is 0.320 e. The summed E-state index contributed by atoms with van der Waals surface area (Å²) in [5.74, 6) is 0.501. The molecule has 0 spiro atoms. The molecule has 2 aromatic rings. The monoisotopic (exact) mass is 286 g/mol. The van der Waals surface area contributed by atoms with Crippen molar-refractivity contribution in [1.82, 2.24) is 9.97 Å². The number of aromatic nitrogens is 2. The second kappa shape index (κ2) is 6.57. The van der Waals surface area contributed by atoms with Crippen LogP contribution in [0.2, 0.25) is 0 Å². The number of carbonyl (C=O) groups excluding carboxylic acids is 1. The number of esters is 1. The normalized spacial score (nSPS) is 13.9. The first-order valence-electron chi connectivity index (χ1n) is 7.32. The van der Waals surface area contributed by atoms with Gasteiger partial charge >= 0.3 is 5.97 Å². The van der Waals surface area contributed by atoms with Crippen LogP contribution in [0.4, 0.5) is 0 Å². The van der Waals surface area contributed by atoms with Crippen LogP contribution in [0.15, 0.2) is 42.7 Å². The molecule has 1 unspecified atom stereocenters. The van der Waals surface area contributed by atoms with Gasteiger partial charge in [-0.05, 0) is 24.8 Å². The third kappa shape index (κ3) is 2.99. The summed E-state index contributed by atoms with van der Waals surface area (Å²) in [7, 11) is 0. The second-order valence-corrected chi connectivity index (χ2v) is 5.45. The average molecular weight is 286 g/mol. The lowest BCUT2D eigenvalue weighted by Crippen LogP contribution is -2.45. The van der Waals surface area contributed by atoms with Crippen LogP contribution in [0.5, 0.6) is 0 Å². The Bertz CT molecular complexity index is 564. The maximum absolute atomic E-state index is 12.7. The van der Waals surface area contributed by atoms with Crippen LogP contribution in [0.25, 0.3) is 0 Å². The van der Waals surface area contributed by atoms with Gasteiger partial charge in [-0.1, -0.05) is 44.2 Å². The van der Waals surface area contributed by atoms with Crippen molar-refractivity contribution in [1.29, 1.82) is 0 Å². The number of benzene rings is 1. The molecular formula is C17H22N2O2. The van der Waals surface area contributed by atoms with Crippen molar-refractivity contribution in [2.45, 2.75) is 32.6 Å². The van der Waals surface area contributed by atoms with Crippen molar-refractivity contribution < 1.29 is 9.53 Å². The lowest BCUT2D eigenvalue weighted by Gasteiger charge is -2.33. The molecule has 1 atom stereocenters. The maximum Gasteiger partial charge on any atom is 0.320 e. The number of aromatic amines is 1. The van der Waals surface area contributed by atoms with E-state index in [0.717, 1.165) is 5.56 Å². The minimum atomic E-state index is -0.791. The van der Waals surface area contributed by atoms with Crippen LogP contribution in [0.3, 0.4) is 0 Å². The average Bonchev–Trinajstić information content (AvgIpc) is 3.00. The number of ether oxygens (including phenoxy) is 1. The van der Waals surface area contributed by atoms with Crippen LogP contribution < -0.4 is 0 Å². The third-order valence-corrected chi connectivity index (χ3v) is 3.87. The molecule has 0 saturated carbocycles. The van der Waals surface area contributed by atoms with Crippen molar-refractivity contribution in [3.63, 3.8) is 0 Å². The first kappa shape index (κ1) is 15.3. The molecule has 0 aliphatic heterocycles. The summed E-state index contributed by atoms with van der Waals surface area (Å²) in [6.45, 7) is 6.25. The molecule has 4 heteroatoms. The van der Waals surface area contributed by atoms with Gasteiger partial charge in [-0.2, -0.15) is 0 Å². The highest BCUT2D eigenvalue weighted by atomic mass is 16.5. The standard InChI is InChI=1S/C17H22N2O2/c1-4-21-16(20)17(13(2)3,15-18-10-11-19-15)12-14-8-6-5-7-9-14/h5-11,13H,4,12H2,1-3H3,(H,18,19). The van der Waals surface area contributed by atoms with E-state index in [2.05, 4.69) is 9.97 Å². The largest absolute Gasteiger partial charge is 0.465 e. The number of nitrogens with zero attached hydrogens (tertiary/aromatic N) is 1. The van der Waals surface area contributed by atoms with E-state index in [1.807, 2.05) is 51.1 Å². The van der Waals surface area contributed by atoms with Gasteiger partial charge in [0.1, 0.15) is 11.2 Å². The Kier molecular flexibility index (Phi) is 4.78. The number of H-pyrrole nitrogens is 1. The van der Waals surface area contributed by atoms with Crippen LogP contribution in [0, 0.1) is 5.92 Å². The van der Waals surface area contributed by atoms with Gasteiger partial charge in [0, 0.05) is 12.4 Å². The number of hydrogen-bond acceptors (Lipinski definition) is 3. The molecule has 0 amide bonds. The zero-order chi connectivity index (χ0) is 15.3. The number of nitrogens with one attached hydrogen (secondary N) is 1. The van der Waals surface area contributed by atoms with Crippen molar-refractivity contribution in [3.05, 3.63) is 54.1 Å². The zero-order valence-electron chi connectivity index (χ0n) is 12.8. The summed E-state index contributed by atoms with van der Waals surface area (Å²) in [6.07, 6.45) is 3.99. The minimum Gasteiger partial charge on any atom is -0.465 e. The van der Waals surface area contributed by atoms with Crippen molar-refractivity contribution in [2.75, 3.05) is 6.61 Å². The van der Waals surface area contributed by atoms with Gasteiger partial charge in [-0.15, -0.1) is 0 Å². The number of carbonyl (C=O) groups is 1. The summed E-state index contributed by atoms with van der Waals surface area (Å²) in [6, 6.07) is 9.98. The van der Waals surface area contributed by atoms with Gasteiger partial charge in [0.05, 0.1) is 6.61 Å². The fraction of sp³-hybridized carbons (Fsp3) is 0.412. The summed E-state index contributed by atoms with van der Waals surface area (Å²) in [4.78, 5) is 20.2. The Morgan fingerprint density at radius 1 is 1.33 bits per heavy atom. The Hall–Kier alpha value is -2.10. The summed E-state index contributed by atoms with van der Waals surface area (Å²) >= 11 is 0. The quantitative estimate of drug-likeness (QED) is 0.830. The van der Waals surface area contributed by atoms with E-state index in [1.54, 1.807) is 12.4 Å². The molecule has 21 heavy (non-hydrogen) atoms. The van der Waals surface area contributed by atoms with Gasteiger partial charge < -0.3 is 9.72 Å². The highest BCUT2D eigenvalue weighted by Gasteiger charge is 2.47. The van der Waals surface area contributed by atoms with Crippen molar-refractivity contribution in [3.8, 4) is 0 Å². The van der Waals surface area contributed by atoms with Gasteiger partial charge in [0.15, 0.2) is 0 Å². The van der Waals surface area contributed by atoms with Gasteiger partial charge in [0.2, 0.25) is 0 Å². The summed E-state index contributed by atoms with van der Waals surface area (Å²) in [5.41, 5.74) is 0.302. The van der Waals surface area contributed by atoms with Crippen LogP contribution in [-0.4, -0.2) is 22.5 Å². The molecule has 0 saturated heterocycles. The van der Waals surface area contributed by atoms with Crippen molar-refractivity contribution in [2.24, 2.45) is 5.92 Å². The Labute approximate surface area is 125 Å².